The minimum atomic E-state index is -3.78. The Morgan fingerprint density at radius 1 is 0.969 bits per heavy atom. The van der Waals surface area contributed by atoms with Crippen LogP contribution in [-0.4, -0.2) is 71.2 Å². The molecule has 32 heavy (non-hydrogen) atoms. The fourth-order valence-corrected chi connectivity index (χ4v) is 5.58. The van der Waals surface area contributed by atoms with Crippen molar-refractivity contribution in [3.8, 4) is 0 Å². The molecule has 172 valence electrons. The molecule has 2 aliphatic heterocycles. The van der Waals surface area contributed by atoms with E-state index in [1.54, 1.807) is 12.1 Å². The molecule has 0 aromatic heterocycles. The molecule has 8 nitrogen and oxygen atoms in total. The van der Waals surface area contributed by atoms with Gasteiger partial charge in [0, 0.05) is 38.3 Å². The first-order chi connectivity index (χ1) is 15.5. The fraction of sp³-hybridized carbons (Fsp3) is 0.435. The number of carbonyl (C=O) groups excluding carboxylic acids is 1. The number of nitrogens with one attached hydrogen (secondary N) is 1. The van der Waals surface area contributed by atoms with Crippen molar-refractivity contribution in [2.24, 2.45) is 0 Å². The second kappa shape index (κ2) is 9.99. The van der Waals surface area contributed by atoms with E-state index in [-0.39, 0.29) is 10.8 Å². The number of sulfonamides is 1. The van der Waals surface area contributed by atoms with Crippen molar-refractivity contribution in [3.63, 3.8) is 0 Å². The molecule has 1 amide bonds. The molecule has 2 aliphatic rings. The topological polar surface area (TPSA) is 88.2 Å². The number of amides is 1. The monoisotopic (exact) mass is 459 g/mol. The van der Waals surface area contributed by atoms with Gasteiger partial charge in [0.2, 0.25) is 10.0 Å². The summed E-state index contributed by atoms with van der Waals surface area (Å²) in [7, 11) is -3.78. The summed E-state index contributed by atoms with van der Waals surface area (Å²) in [4.78, 5) is 15.1. The minimum absolute atomic E-state index is 0.157. The fourth-order valence-electron chi connectivity index (χ4n) is 3.94. The first kappa shape index (κ1) is 22.7. The number of ether oxygens (including phenoxy) is 2. The Hall–Kier alpha value is -2.46. The van der Waals surface area contributed by atoms with Crippen LogP contribution in [0, 0.1) is 6.92 Å². The Balaban J connectivity index is 1.63. The number of hydrogen-bond acceptors (Lipinski definition) is 6. The smallest absolute Gasteiger partial charge is 0.251 e. The molecule has 0 bridgehead atoms. The summed E-state index contributed by atoms with van der Waals surface area (Å²) in [6.45, 7) is 5.98. The van der Waals surface area contributed by atoms with Crippen LogP contribution < -0.4 is 10.2 Å². The van der Waals surface area contributed by atoms with Crippen LogP contribution in [0.15, 0.2) is 47.4 Å². The van der Waals surface area contributed by atoms with Gasteiger partial charge in [-0.2, -0.15) is 4.31 Å². The molecule has 2 aromatic rings. The number of rotatable bonds is 6. The predicted molar refractivity (Wildman–Crippen MR) is 121 cm³/mol. The van der Waals surface area contributed by atoms with Gasteiger partial charge in [0.25, 0.3) is 5.91 Å². The van der Waals surface area contributed by atoms with E-state index in [1.165, 1.54) is 10.4 Å². The van der Waals surface area contributed by atoms with Gasteiger partial charge in [-0.1, -0.05) is 24.3 Å². The van der Waals surface area contributed by atoms with Crippen LogP contribution in [0.2, 0.25) is 0 Å². The molecule has 4 rings (SSSR count). The summed E-state index contributed by atoms with van der Waals surface area (Å²) >= 11 is 0. The third-order valence-corrected chi connectivity index (χ3v) is 7.79. The first-order valence-corrected chi connectivity index (χ1v) is 12.3. The zero-order valence-electron chi connectivity index (χ0n) is 18.2. The molecule has 2 aromatic carbocycles. The van der Waals surface area contributed by atoms with E-state index in [0.29, 0.717) is 70.4 Å². The van der Waals surface area contributed by atoms with Gasteiger partial charge in [0.05, 0.1) is 32.1 Å². The molecule has 2 heterocycles. The van der Waals surface area contributed by atoms with Gasteiger partial charge < -0.3 is 19.7 Å². The molecule has 9 heteroatoms. The van der Waals surface area contributed by atoms with Crippen molar-refractivity contribution in [2.45, 2.75) is 18.4 Å². The Morgan fingerprint density at radius 2 is 1.62 bits per heavy atom. The number of benzene rings is 2. The Bertz CT molecular complexity index is 1060. The standard InChI is InChI=1S/C23H29N3O5S/c1-18-4-2-3-5-20(18)17-24-23(27)19-6-7-21(25-8-12-30-13-9-25)22(16-19)32(28,29)26-10-14-31-15-11-26/h2-7,16H,8-15,17H2,1H3,(H,24,27). The van der Waals surface area contributed by atoms with Crippen LogP contribution in [0.4, 0.5) is 5.69 Å². The second-order valence-electron chi connectivity index (χ2n) is 7.91. The van der Waals surface area contributed by atoms with Gasteiger partial charge in [-0.25, -0.2) is 8.42 Å². The van der Waals surface area contributed by atoms with Gasteiger partial charge in [-0.15, -0.1) is 0 Å². The number of morpholine rings is 2. The van der Waals surface area contributed by atoms with E-state index in [4.69, 9.17) is 9.47 Å². The Kier molecular flexibility index (Phi) is 7.10. The van der Waals surface area contributed by atoms with Crippen LogP contribution in [0.1, 0.15) is 21.5 Å². The van der Waals surface area contributed by atoms with E-state index >= 15 is 0 Å². The number of carbonyl (C=O) groups is 1. The van der Waals surface area contributed by atoms with Crippen molar-refractivity contribution in [3.05, 3.63) is 59.2 Å². The van der Waals surface area contributed by atoms with Gasteiger partial charge in [0.15, 0.2) is 0 Å². The maximum Gasteiger partial charge on any atom is 0.251 e. The predicted octanol–water partition coefficient (Wildman–Crippen LogP) is 1.78. The van der Waals surface area contributed by atoms with E-state index < -0.39 is 10.0 Å². The van der Waals surface area contributed by atoms with Crippen molar-refractivity contribution >= 4 is 21.6 Å². The SMILES string of the molecule is Cc1ccccc1CNC(=O)c1ccc(N2CCOCC2)c(S(=O)(=O)N2CCOCC2)c1. The molecule has 2 saturated heterocycles. The highest BCUT2D eigenvalue weighted by Gasteiger charge is 2.31. The minimum Gasteiger partial charge on any atom is -0.379 e. The first-order valence-electron chi connectivity index (χ1n) is 10.8. The third-order valence-electron chi connectivity index (χ3n) is 5.86. The average Bonchev–Trinajstić information content (AvgIpc) is 2.84. The summed E-state index contributed by atoms with van der Waals surface area (Å²) in [5, 5.41) is 2.91. The largest absolute Gasteiger partial charge is 0.379 e. The molecule has 1 N–H and O–H groups in total. The lowest BCUT2D eigenvalue weighted by Crippen LogP contribution is -2.42. The van der Waals surface area contributed by atoms with Crippen molar-refractivity contribution < 1.29 is 22.7 Å². The van der Waals surface area contributed by atoms with E-state index in [2.05, 4.69) is 5.32 Å². The van der Waals surface area contributed by atoms with Gasteiger partial charge >= 0.3 is 0 Å². The Labute approximate surface area is 189 Å². The summed E-state index contributed by atoms with van der Waals surface area (Å²) < 4.78 is 39.2. The van der Waals surface area contributed by atoms with E-state index in [0.717, 1.165) is 11.1 Å². The number of nitrogens with zero attached hydrogens (tertiary/aromatic N) is 2. The normalized spacial score (nSPS) is 17.8. The molecular weight excluding hydrogens is 430 g/mol. The second-order valence-corrected chi connectivity index (χ2v) is 9.81. The molecule has 0 saturated carbocycles. The van der Waals surface area contributed by atoms with E-state index in [1.807, 2.05) is 36.1 Å². The summed E-state index contributed by atoms with van der Waals surface area (Å²) in [6.07, 6.45) is 0. The average molecular weight is 460 g/mol. The number of aryl methyl sites for hydroxylation is 1. The lowest BCUT2D eigenvalue weighted by atomic mass is 10.1. The van der Waals surface area contributed by atoms with Crippen molar-refractivity contribution in [1.82, 2.24) is 9.62 Å². The van der Waals surface area contributed by atoms with Crippen LogP contribution in [0.3, 0.4) is 0 Å². The lowest BCUT2D eigenvalue weighted by Gasteiger charge is -2.32. The maximum atomic E-state index is 13.5. The molecule has 0 aliphatic carbocycles. The van der Waals surface area contributed by atoms with Crippen LogP contribution in [-0.2, 0) is 26.0 Å². The van der Waals surface area contributed by atoms with Crippen LogP contribution in [0.5, 0.6) is 0 Å². The van der Waals surface area contributed by atoms with Gasteiger partial charge in [-0.05, 0) is 36.2 Å². The molecular formula is C23H29N3O5S. The van der Waals surface area contributed by atoms with Crippen LogP contribution in [0.25, 0.3) is 0 Å². The molecule has 2 fully saturated rings. The van der Waals surface area contributed by atoms with Crippen molar-refractivity contribution in [1.29, 1.82) is 0 Å². The summed E-state index contributed by atoms with van der Waals surface area (Å²) in [6, 6.07) is 12.8. The highest BCUT2D eigenvalue weighted by atomic mass is 32.2. The number of anilines is 1. The zero-order valence-corrected chi connectivity index (χ0v) is 19.1. The lowest BCUT2D eigenvalue weighted by molar-refractivity contribution is 0.0730. The van der Waals surface area contributed by atoms with Gasteiger partial charge in [0.1, 0.15) is 4.90 Å². The molecule has 0 spiro atoms. The zero-order chi connectivity index (χ0) is 22.6. The highest BCUT2D eigenvalue weighted by molar-refractivity contribution is 7.89. The Morgan fingerprint density at radius 3 is 2.31 bits per heavy atom. The quantitative estimate of drug-likeness (QED) is 0.709. The summed E-state index contributed by atoms with van der Waals surface area (Å²) in [5.74, 6) is -0.305. The maximum absolute atomic E-state index is 13.5. The highest BCUT2D eigenvalue weighted by Crippen LogP contribution is 2.30. The molecule has 0 atom stereocenters. The summed E-state index contributed by atoms with van der Waals surface area (Å²) in [5.41, 5.74) is 3.04. The third kappa shape index (κ3) is 4.96. The molecule has 0 unspecified atom stereocenters. The molecule has 0 radical (unpaired) electrons. The van der Waals surface area contributed by atoms with Crippen LogP contribution >= 0.6 is 0 Å². The van der Waals surface area contributed by atoms with E-state index in [9.17, 15) is 13.2 Å². The van der Waals surface area contributed by atoms with Crippen molar-refractivity contribution in [2.75, 3.05) is 57.5 Å². The number of hydrogen-bond donors (Lipinski definition) is 1. The van der Waals surface area contributed by atoms with Gasteiger partial charge in [-0.3, -0.25) is 4.79 Å².